The van der Waals surface area contributed by atoms with Gasteiger partial charge in [0.15, 0.2) is 0 Å². The second-order valence-electron chi connectivity index (χ2n) is 4.70. The average Bonchev–Trinajstić information content (AvgIpc) is 2.81. The van der Waals surface area contributed by atoms with Gasteiger partial charge in [0, 0.05) is 14.1 Å². The van der Waals surface area contributed by atoms with Gasteiger partial charge in [0.05, 0.1) is 24.0 Å². The van der Waals surface area contributed by atoms with Crippen LogP contribution in [0, 0.1) is 0 Å². The van der Waals surface area contributed by atoms with Gasteiger partial charge < -0.3 is 4.90 Å². The molecular weight excluding hydrogens is 238 g/mol. The molecule has 0 N–H and O–H groups in total. The Kier molecular flexibility index (Phi) is 4.00. The fraction of sp³-hybridized carbons (Fsp3) is 0.333. The molecule has 2 rings (SSSR count). The molecule has 2 aromatic rings. The first-order chi connectivity index (χ1) is 9.13. The molecule has 0 radical (unpaired) electrons. The lowest BCUT2D eigenvalue weighted by Crippen LogP contribution is -2.22. The zero-order valence-electron chi connectivity index (χ0n) is 11.6. The van der Waals surface area contributed by atoms with E-state index in [0.717, 1.165) is 12.1 Å². The largest absolute Gasteiger partial charge is 0.345 e. The van der Waals surface area contributed by atoms with Crippen LogP contribution < -0.4 is 0 Å². The molecular formula is C15H19N3O. The summed E-state index contributed by atoms with van der Waals surface area (Å²) in [7, 11) is 3.52. The number of hydrogen-bond donors (Lipinski definition) is 0. The normalized spacial score (nSPS) is 10.5. The third kappa shape index (κ3) is 2.84. The first-order valence-corrected chi connectivity index (χ1v) is 6.43. The monoisotopic (exact) mass is 257 g/mol. The van der Waals surface area contributed by atoms with Gasteiger partial charge in [0.1, 0.15) is 0 Å². The van der Waals surface area contributed by atoms with E-state index in [4.69, 9.17) is 0 Å². The van der Waals surface area contributed by atoms with Gasteiger partial charge in [-0.15, -0.1) is 0 Å². The molecule has 0 saturated carbocycles. The molecule has 1 aromatic carbocycles. The van der Waals surface area contributed by atoms with E-state index in [9.17, 15) is 4.79 Å². The van der Waals surface area contributed by atoms with Crippen molar-refractivity contribution in [1.29, 1.82) is 0 Å². The molecule has 100 valence electrons. The predicted molar refractivity (Wildman–Crippen MR) is 75.2 cm³/mol. The lowest BCUT2D eigenvalue weighted by molar-refractivity contribution is 0.0826. The SMILES string of the molecule is CCc1c(C(=O)N(C)C)cnn1Cc1ccccc1. The summed E-state index contributed by atoms with van der Waals surface area (Å²) < 4.78 is 1.91. The van der Waals surface area contributed by atoms with Crippen molar-refractivity contribution in [3.05, 3.63) is 53.3 Å². The number of amides is 1. The maximum atomic E-state index is 12.1. The van der Waals surface area contributed by atoms with Crippen LogP contribution in [0.25, 0.3) is 0 Å². The van der Waals surface area contributed by atoms with E-state index in [2.05, 4.69) is 17.2 Å². The predicted octanol–water partition coefficient (Wildman–Crippen LogP) is 2.20. The van der Waals surface area contributed by atoms with Gasteiger partial charge in [-0.2, -0.15) is 5.10 Å². The van der Waals surface area contributed by atoms with Crippen LogP contribution in [0.3, 0.4) is 0 Å². The van der Waals surface area contributed by atoms with Crippen LogP contribution in [0.5, 0.6) is 0 Å². The minimum atomic E-state index is 0.0103. The number of benzene rings is 1. The van der Waals surface area contributed by atoms with Gasteiger partial charge in [-0.05, 0) is 12.0 Å². The summed E-state index contributed by atoms with van der Waals surface area (Å²) in [5.41, 5.74) is 2.87. The molecule has 0 saturated heterocycles. The molecule has 0 aliphatic heterocycles. The zero-order chi connectivity index (χ0) is 13.8. The van der Waals surface area contributed by atoms with Crippen LogP contribution in [0.4, 0.5) is 0 Å². The molecule has 0 fully saturated rings. The summed E-state index contributed by atoms with van der Waals surface area (Å²) in [6.45, 7) is 2.75. The van der Waals surface area contributed by atoms with Gasteiger partial charge in [-0.3, -0.25) is 9.48 Å². The Morgan fingerprint density at radius 1 is 1.26 bits per heavy atom. The van der Waals surface area contributed by atoms with Crippen LogP contribution in [0.15, 0.2) is 36.5 Å². The summed E-state index contributed by atoms with van der Waals surface area (Å²) in [6.07, 6.45) is 2.46. The number of rotatable bonds is 4. The molecule has 4 nitrogen and oxygen atoms in total. The first kappa shape index (κ1) is 13.3. The Labute approximate surface area is 113 Å². The third-order valence-electron chi connectivity index (χ3n) is 3.10. The van der Waals surface area contributed by atoms with Crippen LogP contribution in [-0.2, 0) is 13.0 Å². The zero-order valence-corrected chi connectivity index (χ0v) is 11.6. The van der Waals surface area contributed by atoms with Crippen molar-refractivity contribution < 1.29 is 4.79 Å². The molecule has 0 bridgehead atoms. The number of carbonyl (C=O) groups excluding carboxylic acids is 1. The molecule has 1 heterocycles. The highest BCUT2D eigenvalue weighted by Crippen LogP contribution is 2.13. The van der Waals surface area contributed by atoms with Crippen LogP contribution in [0.2, 0.25) is 0 Å². The fourth-order valence-electron chi connectivity index (χ4n) is 2.10. The molecule has 0 aliphatic rings. The van der Waals surface area contributed by atoms with E-state index in [0.29, 0.717) is 12.1 Å². The highest BCUT2D eigenvalue weighted by atomic mass is 16.2. The summed E-state index contributed by atoms with van der Waals surface area (Å²) in [4.78, 5) is 13.6. The Hall–Kier alpha value is -2.10. The standard InChI is InChI=1S/C15H19N3O/c1-4-14-13(15(19)17(2)3)10-16-18(14)11-12-8-6-5-7-9-12/h5-10H,4,11H2,1-3H3. The van der Waals surface area contributed by atoms with E-state index in [1.807, 2.05) is 29.8 Å². The van der Waals surface area contributed by atoms with E-state index in [-0.39, 0.29) is 5.91 Å². The molecule has 4 heteroatoms. The Morgan fingerprint density at radius 2 is 1.95 bits per heavy atom. The summed E-state index contributed by atoms with van der Waals surface area (Å²) >= 11 is 0. The van der Waals surface area contributed by atoms with E-state index < -0.39 is 0 Å². The van der Waals surface area contributed by atoms with Crippen molar-refractivity contribution in [3.63, 3.8) is 0 Å². The average molecular weight is 257 g/mol. The number of aromatic nitrogens is 2. The van der Waals surface area contributed by atoms with Crippen molar-refractivity contribution >= 4 is 5.91 Å². The summed E-state index contributed by atoms with van der Waals surface area (Å²) in [5.74, 6) is 0.0103. The Balaban J connectivity index is 2.30. The van der Waals surface area contributed by atoms with Crippen molar-refractivity contribution in [1.82, 2.24) is 14.7 Å². The molecule has 0 unspecified atom stereocenters. The minimum absolute atomic E-state index is 0.0103. The Morgan fingerprint density at radius 3 is 2.53 bits per heavy atom. The van der Waals surface area contributed by atoms with Crippen molar-refractivity contribution in [2.75, 3.05) is 14.1 Å². The second-order valence-corrected chi connectivity index (χ2v) is 4.70. The molecule has 19 heavy (non-hydrogen) atoms. The fourth-order valence-corrected chi connectivity index (χ4v) is 2.10. The lowest BCUT2D eigenvalue weighted by Gasteiger charge is -2.11. The van der Waals surface area contributed by atoms with E-state index >= 15 is 0 Å². The molecule has 1 amide bonds. The highest BCUT2D eigenvalue weighted by molar-refractivity contribution is 5.94. The summed E-state index contributed by atoms with van der Waals surface area (Å²) in [5, 5.41) is 4.35. The number of nitrogens with zero attached hydrogens (tertiary/aromatic N) is 3. The van der Waals surface area contributed by atoms with Gasteiger partial charge in [-0.1, -0.05) is 37.3 Å². The van der Waals surface area contributed by atoms with Gasteiger partial charge in [-0.25, -0.2) is 0 Å². The maximum absolute atomic E-state index is 12.1. The van der Waals surface area contributed by atoms with Crippen LogP contribution >= 0.6 is 0 Å². The van der Waals surface area contributed by atoms with Crippen molar-refractivity contribution in [2.45, 2.75) is 19.9 Å². The van der Waals surface area contributed by atoms with E-state index in [1.165, 1.54) is 5.56 Å². The smallest absolute Gasteiger partial charge is 0.256 e. The number of hydrogen-bond acceptors (Lipinski definition) is 2. The number of carbonyl (C=O) groups is 1. The molecule has 0 spiro atoms. The molecule has 1 aromatic heterocycles. The lowest BCUT2D eigenvalue weighted by atomic mass is 10.1. The molecule has 0 atom stereocenters. The summed E-state index contributed by atoms with van der Waals surface area (Å²) in [6, 6.07) is 10.1. The van der Waals surface area contributed by atoms with Crippen LogP contribution in [0.1, 0.15) is 28.5 Å². The minimum Gasteiger partial charge on any atom is -0.345 e. The van der Waals surface area contributed by atoms with Crippen molar-refractivity contribution in [2.24, 2.45) is 0 Å². The highest BCUT2D eigenvalue weighted by Gasteiger charge is 2.17. The van der Waals surface area contributed by atoms with Crippen molar-refractivity contribution in [3.8, 4) is 0 Å². The van der Waals surface area contributed by atoms with E-state index in [1.54, 1.807) is 25.2 Å². The molecule has 0 aliphatic carbocycles. The van der Waals surface area contributed by atoms with Crippen LogP contribution in [-0.4, -0.2) is 34.7 Å². The Bertz CT molecular complexity index is 558. The third-order valence-corrected chi connectivity index (χ3v) is 3.10. The second kappa shape index (κ2) is 5.69. The van der Waals surface area contributed by atoms with Gasteiger partial charge in [0.2, 0.25) is 0 Å². The van der Waals surface area contributed by atoms with Gasteiger partial charge in [0.25, 0.3) is 5.91 Å². The quantitative estimate of drug-likeness (QED) is 0.842. The first-order valence-electron chi connectivity index (χ1n) is 6.43. The van der Waals surface area contributed by atoms with Gasteiger partial charge >= 0.3 is 0 Å². The topological polar surface area (TPSA) is 38.1 Å². The maximum Gasteiger partial charge on any atom is 0.256 e.